The maximum atomic E-state index is 10.9. The fraction of sp³-hybridized carbons (Fsp3) is 0.419. The van der Waals surface area contributed by atoms with Crippen LogP contribution in [-0.2, 0) is 14.8 Å². The van der Waals surface area contributed by atoms with Gasteiger partial charge in [-0.25, -0.2) is 0 Å². The Balaban J connectivity index is 1.83. The maximum Gasteiger partial charge on any atom is 0.191 e. The molecule has 5 heteroatoms. The summed E-state index contributed by atoms with van der Waals surface area (Å²) in [5.74, 6) is 0.788. The van der Waals surface area contributed by atoms with Crippen molar-refractivity contribution in [3.63, 3.8) is 0 Å². The molecule has 3 rings (SSSR count). The molecule has 0 amide bonds. The van der Waals surface area contributed by atoms with Gasteiger partial charge in [0.15, 0.2) is 8.32 Å². The summed E-state index contributed by atoms with van der Waals surface area (Å²) < 4.78 is 18.4. The van der Waals surface area contributed by atoms with Crippen molar-refractivity contribution in [2.75, 3.05) is 20.3 Å². The van der Waals surface area contributed by atoms with Crippen molar-refractivity contribution in [1.82, 2.24) is 0 Å². The number of hydrogen-bond donors (Lipinski definition) is 1. The van der Waals surface area contributed by atoms with Crippen LogP contribution in [0.15, 0.2) is 84.9 Å². The predicted molar refractivity (Wildman–Crippen MR) is 150 cm³/mol. The molecule has 1 atom stereocenters. The lowest BCUT2D eigenvalue weighted by atomic mass is 9.80. The van der Waals surface area contributed by atoms with E-state index < -0.39 is 20.0 Å². The number of aliphatic hydroxyl groups excluding tert-OH is 1. The second-order valence-corrected chi connectivity index (χ2v) is 15.7. The van der Waals surface area contributed by atoms with Crippen molar-refractivity contribution in [3.8, 4) is 5.75 Å². The van der Waals surface area contributed by atoms with E-state index in [1.54, 1.807) is 7.11 Å². The monoisotopic (exact) mass is 506 g/mol. The van der Waals surface area contributed by atoms with Gasteiger partial charge in [-0.1, -0.05) is 93.6 Å². The first-order valence-electron chi connectivity index (χ1n) is 12.8. The number of ether oxygens (including phenoxy) is 2. The topological polar surface area (TPSA) is 47.9 Å². The Kier molecular flexibility index (Phi) is 9.53. The van der Waals surface area contributed by atoms with Crippen molar-refractivity contribution in [2.45, 2.75) is 63.5 Å². The van der Waals surface area contributed by atoms with Crippen molar-refractivity contribution in [3.05, 3.63) is 102 Å². The van der Waals surface area contributed by atoms with Gasteiger partial charge in [0.2, 0.25) is 0 Å². The first-order valence-corrected chi connectivity index (χ1v) is 15.7. The quantitative estimate of drug-likeness (QED) is 0.161. The standard InChI is InChI=1S/C31H42O4Si/c1-30(2,3)36(5,6)35-23-13-18-28(32)24-34-31(25-14-9-7-10-15-25,26-16-11-8-12-17-26)27-19-21-29(33-4)22-20-27/h7-12,14-17,19-22,28,32H,13,18,23-24H2,1-6H3/t28-/m1/s1. The zero-order valence-corrected chi connectivity index (χ0v) is 23.7. The lowest BCUT2D eigenvalue weighted by Gasteiger charge is -2.37. The van der Waals surface area contributed by atoms with Crippen molar-refractivity contribution in [2.24, 2.45) is 0 Å². The first-order chi connectivity index (χ1) is 17.1. The summed E-state index contributed by atoms with van der Waals surface area (Å²) in [5.41, 5.74) is 2.13. The van der Waals surface area contributed by atoms with E-state index in [9.17, 15) is 5.11 Å². The van der Waals surface area contributed by atoms with Crippen LogP contribution in [0.4, 0.5) is 0 Å². The Labute approximate surface area is 218 Å². The second kappa shape index (κ2) is 12.2. The van der Waals surface area contributed by atoms with Crippen LogP contribution >= 0.6 is 0 Å². The van der Waals surface area contributed by atoms with Crippen molar-refractivity contribution < 1.29 is 19.0 Å². The Hall–Kier alpha value is -2.44. The van der Waals surface area contributed by atoms with Gasteiger partial charge >= 0.3 is 0 Å². The van der Waals surface area contributed by atoms with Gasteiger partial charge in [-0.05, 0) is 59.8 Å². The largest absolute Gasteiger partial charge is 0.497 e. The van der Waals surface area contributed by atoms with Gasteiger partial charge in [-0.2, -0.15) is 0 Å². The van der Waals surface area contributed by atoms with Crippen LogP contribution < -0.4 is 4.74 Å². The average Bonchev–Trinajstić information content (AvgIpc) is 2.88. The van der Waals surface area contributed by atoms with Gasteiger partial charge in [0.05, 0.1) is 19.8 Å². The van der Waals surface area contributed by atoms with E-state index in [4.69, 9.17) is 13.9 Å². The number of benzene rings is 3. The molecule has 1 N–H and O–H groups in total. The molecule has 3 aromatic rings. The molecule has 0 unspecified atom stereocenters. The van der Waals surface area contributed by atoms with Crippen LogP contribution in [0.25, 0.3) is 0 Å². The van der Waals surface area contributed by atoms with Crippen LogP contribution in [0.5, 0.6) is 5.75 Å². The number of methoxy groups -OCH3 is 1. The molecule has 0 fully saturated rings. The van der Waals surface area contributed by atoms with Crippen LogP contribution in [-0.4, -0.2) is 39.9 Å². The minimum atomic E-state index is -1.79. The van der Waals surface area contributed by atoms with Crippen molar-refractivity contribution >= 4 is 8.32 Å². The van der Waals surface area contributed by atoms with Gasteiger partial charge in [0.1, 0.15) is 11.4 Å². The molecule has 3 aromatic carbocycles. The molecule has 0 bridgehead atoms. The van der Waals surface area contributed by atoms with Gasteiger partial charge in [0.25, 0.3) is 0 Å². The molecule has 4 nitrogen and oxygen atoms in total. The molecule has 0 aliphatic heterocycles. The van der Waals surface area contributed by atoms with Crippen molar-refractivity contribution in [1.29, 1.82) is 0 Å². The predicted octanol–water partition coefficient (Wildman–Crippen LogP) is 7.17. The Morgan fingerprint density at radius 1 is 0.778 bits per heavy atom. The van der Waals surface area contributed by atoms with E-state index in [2.05, 4.69) is 58.1 Å². The summed E-state index contributed by atoms with van der Waals surface area (Å²) in [6.07, 6.45) is 0.818. The zero-order valence-electron chi connectivity index (χ0n) is 22.7. The molecule has 0 heterocycles. The van der Waals surface area contributed by atoms with Crippen LogP contribution in [0.1, 0.15) is 50.3 Å². The molecule has 0 saturated heterocycles. The molecule has 0 aliphatic carbocycles. The maximum absolute atomic E-state index is 10.9. The fourth-order valence-corrected chi connectivity index (χ4v) is 5.18. The third-order valence-corrected chi connectivity index (χ3v) is 11.8. The molecule has 0 aromatic heterocycles. The highest BCUT2D eigenvalue weighted by molar-refractivity contribution is 6.74. The third kappa shape index (κ3) is 6.65. The van der Waals surface area contributed by atoms with E-state index >= 15 is 0 Å². The highest BCUT2D eigenvalue weighted by atomic mass is 28.4. The number of aliphatic hydroxyl groups is 1. The lowest BCUT2D eigenvalue weighted by Crippen LogP contribution is -2.41. The summed E-state index contributed by atoms with van der Waals surface area (Å²) in [6.45, 7) is 12.1. The minimum absolute atomic E-state index is 0.179. The number of rotatable bonds is 12. The molecule has 0 spiro atoms. The van der Waals surface area contributed by atoms with E-state index in [1.807, 2.05) is 60.7 Å². The molecule has 0 aliphatic rings. The summed E-state index contributed by atoms with van der Waals surface area (Å²) in [4.78, 5) is 0. The van der Waals surface area contributed by atoms with E-state index in [-0.39, 0.29) is 11.6 Å². The summed E-state index contributed by atoms with van der Waals surface area (Å²) in [7, 11) is -0.124. The van der Waals surface area contributed by atoms with Crippen LogP contribution in [0.2, 0.25) is 18.1 Å². The first kappa shape index (κ1) is 28.1. The van der Waals surface area contributed by atoms with E-state index in [1.165, 1.54) is 0 Å². The summed E-state index contributed by atoms with van der Waals surface area (Å²) in [5, 5.41) is 11.1. The van der Waals surface area contributed by atoms with Gasteiger partial charge in [-0.3, -0.25) is 0 Å². The Morgan fingerprint density at radius 3 is 1.75 bits per heavy atom. The molecule has 194 valence electrons. The Morgan fingerprint density at radius 2 is 1.28 bits per heavy atom. The minimum Gasteiger partial charge on any atom is -0.497 e. The highest BCUT2D eigenvalue weighted by Crippen LogP contribution is 2.41. The third-order valence-electron chi connectivity index (χ3n) is 7.30. The van der Waals surface area contributed by atoms with Gasteiger partial charge < -0.3 is 19.0 Å². The second-order valence-electron chi connectivity index (χ2n) is 10.9. The molecule has 0 saturated carbocycles. The van der Waals surface area contributed by atoms with Crippen LogP contribution in [0, 0.1) is 0 Å². The average molecular weight is 507 g/mol. The fourth-order valence-electron chi connectivity index (χ4n) is 4.09. The number of hydrogen-bond acceptors (Lipinski definition) is 4. The highest BCUT2D eigenvalue weighted by Gasteiger charge is 2.39. The zero-order chi connectivity index (χ0) is 26.2. The summed E-state index contributed by atoms with van der Waals surface area (Å²) in [6, 6.07) is 28.4. The van der Waals surface area contributed by atoms with Gasteiger partial charge in [-0.15, -0.1) is 0 Å². The normalized spacial score (nSPS) is 13.4. The Bertz CT molecular complexity index is 1000. The SMILES string of the molecule is COc1ccc(C(OC[C@H](O)CCCO[Si](C)(C)C(C)(C)C)(c2ccccc2)c2ccccc2)cc1. The molecular weight excluding hydrogens is 464 g/mol. The van der Waals surface area contributed by atoms with Crippen LogP contribution in [0.3, 0.4) is 0 Å². The van der Waals surface area contributed by atoms with Gasteiger partial charge in [0, 0.05) is 6.61 Å². The molecule has 36 heavy (non-hydrogen) atoms. The summed E-state index contributed by atoms with van der Waals surface area (Å²) >= 11 is 0. The van der Waals surface area contributed by atoms with E-state index in [0.29, 0.717) is 13.0 Å². The van der Waals surface area contributed by atoms with E-state index in [0.717, 1.165) is 28.9 Å². The lowest BCUT2D eigenvalue weighted by molar-refractivity contribution is -0.0411. The smallest absolute Gasteiger partial charge is 0.191 e. The molecular formula is C31H42O4Si. The molecule has 0 radical (unpaired) electrons.